The molecule has 0 aliphatic carbocycles. The minimum absolute atomic E-state index is 0.425. The zero-order valence-electron chi connectivity index (χ0n) is 8.82. The van der Waals surface area contributed by atoms with Gasteiger partial charge < -0.3 is 10.1 Å². The molecule has 0 saturated carbocycles. The quantitative estimate of drug-likeness (QED) is 0.750. The van der Waals surface area contributed by atoms with Crippen LogP contribution >= 0.6 is 11.3 Å². The van der Waals surface area contributed by atoms with Gasteiger partial charge in [0.15, 0.2) is 0 Å². The highest BCUT2D eigenvalue weighted by Crippen LogP contribution is 2.00. The van der Waals surface area contributed by atoms with Crippen LogP contribution in [0.3, 0.4) is 0 Å². The Balaban J connectivity index is 2.03. The fourth-order valence-electron chi connectivity index (χ4n) is 1.16. The maximum Gasteiger partial charge on any atom is 0.0794 e. The zero-order chi connectivity index (χ0) is 10.2. The van der Waals surface area contributed by atoms with Crippen molar-refractivity contribution < 1.29 is 4.74 Å². The summed E-state index contributed by atoms with van der Waals surface area (Å²) in [6.07, 6.45) is 1.000. The maximum absolute atomic E-state index is 5.31. The molecule has 1 atom stereocenters. The van der Waals surface area contributed by atoms with Crippen molar-refractivity contribution >= 4 is 11.3 Å². The molecule has 1 N–H and O–H groups in total. The molecule has 0 amide bonds. The van der Waals surface area contributed by atoms with Crippen molar-refractivity contribution in [3.05, 3.63) is 16.6 Å². The van der Waals surface area contributed by atoms with E-state index in [4.69, 9.17) is 4.74 Å². The molecular formula is C10H18N2OS. The van der Waals surface area contributed by atoms with E-state index in [1.54, 1.807) is 11.3 Å². The van der Waals surface area contributed by atoms with Crippen LogP contribution in [0, 0.1) is 0 Å². The van der Waals surface area contributed by atoms with Gasteiger partial charge in [-0.1, -0.05) is 0 Å². The fraction of sp³-hybridized carbons (Fsp3) is 0.700. The molecule has 0 aliphatic rings. The molecule has 0 saturated heterocycles. The van der Waals surface area contributed by atoms with Crippen molar-refractivity contribution in [2.75, 3.05) is 19.8 Å². The molecule has 0 fully saturated rings. The molecule has 4 heteroatoms. The fourth-order valence-corrected chi connectivity index (χ4v) is 1.75. The van der Waals surface area contributed by atoms with Gasteiger partial charge in [-0.2, -0.15) is 0 Å². The lowest BCUT2D eigenvalue weighted by atomic mass is 10.3. The molecule has 1 aromatic rings. The minimum atomic E-state index is 0.425. The summed E-state index contributed by atoms with van der Waals surface area (Å²) in [5.74, 6) is 0. The number of hydrogen-bond acceptors (Lipinski definition) is 4. The van der Waals surface area contributed by atoms with Gasteiger partial charge >= 0.3 is 0 Å². The van der Waals surface area contributed by atoms with E-state index in [0.29, 0.717) is 6.04 Å². The van der Waals surface area contributed by atoms with Crippen molar-refractivity contribution in [3.8, 4) is 0 Å². The van der Waals surface area contributed by atoms with E-state index in [2.05, 4.69) is 22.6 Å². The largest absolute Gasteiger partial charge is 0.380 e. The summed E-state index contributed by atoms with van der Waals surface area (Å²) in [4.78, 5) is 4.22. The zero-order valence-corrected chi connectivity index (χ0v) is 9.64. The van der Waals surface area contributed by atoms with Crippen LogP contribution in [0.1, 0.15) is 19.5 Å². The minimum Gasteiger partial charge on any atom is -0.380 e. The van der Waals surface area contributed by atoms with Crippen LogP contribution in [-0.4, -0.2) is 30.8 Å². The third-order valence-corrected chi connectivity index (χ3v) is 2.56. The highest BCUT2D eigenvalue weighted by atomic mass is 32.1. The Labute approximate surface area is 89.5 Å². The summed E-state index contributed by atoms with van der Waals surface area (Å²) in [6, 6.07) is 0.425. The number of nitrogens with zero attached hydrogens (tertiary/aromatic N) is 1. The van der Waals surface area contributed by atoms with Gasteiger partial charge in [0.1, 0.15) is 0 Å². The molecule has 0 spiro atoms. The molecule has 1 heterocycles. The Bertz CT molecular complexity index is 226. The SMILES string of the molecule is CCOCC(C)NCCc1cscn1. The van der Waals surface area contributed by atoms with Crippen LogP contribution in [0.15, 0.2) is 10.9 Å². The Morgan fingerprint density at radius 2 is 2.50 bits per heavy atom. The van der Waals surface area contributed by atoms with Crippen molar-refractivity contribution in [1.29, 1.82) is 0 Å². The van der Waals surface area contributed by atoms with Crippen molar-refractivity contribution in [2.24, 2.45) is 0 Å². The van der Waals surface area contributed by atoms with Crippen LogP contribution in [0.25, 0.3) is 0 Å². The normalized spacial score (nSPS) is 13.0. The number of rotatable bonds is 7. The predicted molar refractivity (Wildman–Crippen MR) is 59.8 cm³/mol. The summed E-state index contributed by atoms with van der Waals surface area (Å²) in [6.45, 7) is 6.70. The van der Waals surface area contributed by atoms with Gasteiger partial charge in [-0.15, -0.1) is 11.3 Å². The van der Waals surface area contributed by atoms with Gasteiger partial charge in [-0.3, -0.25) is 0 Å². The first-order valence-electron chi connectivity index (χ1n) is 5.01. The highest BCUT2D eigenvalue weighted by molar-refractivity contribution is 7.07. The molecule has 3 nitrogen and oxygen atoms in total. The van der Waals surface area contributed by atoms with Crippen LogP contribution < -0.4 is 5.32 Å². The van der Waals surface area contributed by atoms with E-state index in [-0.39, 0.29) is 0 Å². The van der Waals surface area contributed by atoms with E-state index >= 15 is 0 Å². The monoisotopic (exact) mass is 214 g/mol. The first-order chi connectivity index (χ1) is 6.83. The Morgan fingerprint density at radius 1 is 1.64 bits per heavy atom. The summed E-state index contributed by atoms with van der Waals surface area (Å²) in [7, 11) is 0. The third kappa shape index (κ3) is 4.69. The standard InChI is InChI=1S/C10H18N2OS/c1-3-13-6-9(2)11-5-4-10-7-14-8-12-10/h7-9,11H,3-6H2,1-2H3. The molecule has 0 aromatic carbocycles. The molecule has 1 aromatic heterocycles. The second-order valence-electron chi connectivity index (χ2n) is 3.24. The van der Waals surface area contributed by atoms with E-state index in [9.17, 15) is 0 Å². The van der Waals surface area contributed by atoms with Crippen LogP contribution in [0.5, 0.6) is 0 Å². The lowest BCUT2D eigenvalue weighted by molar-refractivity contribution is 0.127. The number of thiazole rings is 1. The van der Waals surface area contributed by atoms with E-state index in [1.165, 1.54) is 5.69 Å². The Morgan fingerprint density at radius 3 is 3.14 bits per heavy atom. The predicted octanol–water partition coefficient (Wildman–Crippen LogP) is 1.70. The molecular weight excluding hydrogens is 196 g/mol. The highest BCUT2D eigenvalue weighted by Gasteiger charge is 2.00. The molecule has 0 bridgehead atoms. The topological polar surface area (TPSA) is 34.1 Å². The van der Waals surface area contributed by atoms with E-state index < -0.39 is 0 Å². The molecule has 0 radical (unpaired) electrons. The number of aromatic nitrogens is 1. The average molecular weight is 214 g/mol. The molecule has 1 rings (SSSR count). The Kier molecular flexibility index (Phi) is 5.75. The van der Waals surface area contributed by atoms with E-state index in [1.807, 2.05) is 12.4 Å². The van der Waals surface area contributed by atoms with Gasteiger partial charge in [0.05, 0.1) is 17.8 Å². The van der Waals surface area contributed by atoms with Gasteiger partial charge in [0.2, 0.25) is 0 Å². The summed E-state index contributed by atoms with van der Waals surface area (Å²) in [5, 5.41) is 5.49. The first kappa shape index (κ1) is 11.6. The molecule has 80 valence electrons. The maximum atomic E-state index is 5.31. The van der Waals surface area contributed by atoms with Gasteiger partial charge in [0, 0.05) is 31.0 Å². The summed E-state index contributed by atoms with van der Waals surface area (Å²) >= 11 is 1.65. The van der Waals surface area contributed by atoms with E-state index in [0.717, 1.165) is 26.2 Å². The van der Waals surface area contributed by atoms with Gasteiger partial charge in [-0.25, -0.2) is 4.98 Å². The van der Waals surface area contributed by atoms with Crippen LogP contribution in [0.4, 0.5) is 0 Å². The smallest absolute Gasteiger partial charge is 0.0794 e. The van der Waals surface area contributed by atoms with Crippen molar-refractivity contribution in [1.82, 2.24) is 10.3 Å². The van der Waals surface area contributed by atoms with Crippen molar-refractivity contribution in [2.45, 2.75) is 26.3 Å². The van der Waals surface area contributed by atoms with Gasteiger partial charge in [0.25, 0.3) is 0 Å². The van der Waals surface area contributed by atoms with Crippen molar-refractivity contribution in [3.63, 3.8) is 0 Å². The first-order valence-corrected chi connectivity index (χ1v) is 5.95. The number of ether oxygens (including phenoxy) is 1. The average Bonchev–Trinajstić information content (AvgIpc) is 2.67. The van der Waals surface area contributed by atoms with Crippen LogP contribution in [-0.2, 0) is 11.2 Å². The van der Waals surface area contributed by atoms with Gasteiger partial charge in [-0.05, 0) is 13.8 Å². The molecule has 1 unspecified atom stereocenters. The third-order valence-electron chi connectivity index (χ3n) is 1.93. The lowest BCUT2D eigenvalue weighted by Crippen LogP contribution is -2.32. The Hall–Kier alpha value is -0.450. The van der Waals surface area contributed by atoms with Crippen LogP contribution in [0.2, 0.25) is 0 Å². The second kappa shape index (κ2) is 6.92. The summed E-state index contributed by atoms with van der Waals surface area (Å²) in [5.41, 5.74) is 3.05. The summed E-state index contributed by atoms with van der Waals surface area (Å²) < 4.78 is 5.31. The molecule has 14 heavy (non-hydrogen) atoms. The molecule has 0 aliphatic heterocycles. The number of nitrogens with one attached hydrogen (secondary N) is 1. The lowest BCUT2D eigenvalue weighted by Gasteiger charge is -2.12. The second-order valence-corrected chi connectivity index (χ2v) is 3.96. The number of hydrogen-bond donors (Lipinski definition) is 1.